The lowest BCUT2D eigenvalue weighted by Crippen LogP contribution is -2.43. The highest BCUT2D eigenvalue weighted by molar-refractivity contribution is 5.81. The lowest BCUT2D eigenvalue weighted by Gasteiger charge is -2.25. The van der Waals surface area contributed by atoms with Crippen LogP contribution in [0.1, 0.15) is 42.7 Å². The zero-order chi connectivity index (χ0) is 20.8. The maximum atomic E-state index is 12.6. The molecular formula is C24H27NO4. The quantitative estimate of drug-likeness (QED) is 0.477. The van der Waals surface area contributed by atoms with Crippen LogP contribution in [0, 0.1) is 0 Å². The first-order chi connectivity index (χ1) is 14.0. The summed E-state index contributed by atoms with van der Waals surface area (Å²) >= 11 is 0. The lowest BCUT2D eigenvalue weighted by atomic mass is 9.98. The standard InChI is InChI=1S/C24H27NO4/c1-3-4-5-6-15-22(23(26)27)25(2)24(28)29-16-21-19-13-9-7-11-17(19)18-12-8-10-14-20(18)21/h3,7-14,21-22H,1,4-6,15-16H2,2H3,(H,26,27)/t22-/m1/s1. The summed E-state index contributed by atoms with van der Waals surface area (Å²) in [6.45, 7) is 3.85. The van der Waals surface area contributed by atoms with Gasteiger partial charge in [0.1, 0.15) is 12.6 Å². The molecule has 1 aliphatic rings. The first-order valence-corrected chi connectivity index (χ1v) is 9.96. The fraction of sp³-hybridized carbons (Fsp3) is 0.333. The van der Waals surface area contributed by atoms with Gasteiger partial charge in [-0.3, -0.25) is 4.90 Å². The number of allylic oxidation sites excluding steroid dienone is 1. The number of fused-ring (bicyclic) bond motifs is 3. The molecule has 0 spiro atoms. The molecule has 0 radical (unpaired) electrons. The van der Waals surface area contributed by atoms with Crippen molar-refractivity contribution in [3.8, 4) is 11.1 Å². The fourth-order valence-electron chi connectivity index (χ4n) is 3.93. The number of ether oxygens (including phenoxy) is 1. The summed E-state index contributed by atoms with van der Waals surface area (Å²) in [7, 11) is 1.49. The minimum absolute atomic E-state index is 0.0457. The Balaban J connectivity index is 1.66. The number of hydrogen-bond acceptors (Lipinski definition) is 3. The Morgan fingerprint density at radius 1 is 1.10 bits per heavy atom. The van der Waals surface area contributed by atoms with Crippen LogP contribution in [-0.2, 0) is 9.53 Å². The number of nitrogens with zero attached hydrogens (tertiary/aromatic N) is 1. The normalized spacial score (nSPS) is 13.3. The molecule has 152 valence electrons. The van der Waals surface area contributed by atoms with Crippen molar-refractivity contribution in [1.29, 1.82) is 0 Å². The van der Waals surface area contributed by atoms with Crippen LogP contribution in [0.5, 0.6) is 0 Å². The highest BCUT2D eigenvalue weighted by atomic mass is 16.6. The number of benzene rings is 2. The second kappa shape index (κ2) is 9.41. The molecule has 0 heterocycles. The number of hydrogen-bond donors (Lipinski definition) is 1. The van der Waals surface area contributed by atoms with Crippen molar-refractivity contribution in [2.45, 2.75) is 37.6 Å². The van der Waals surface area contributed by atoms with E-state index in [1.807, 2.05) is 30.3 Å². The van der Waals surface area contributed by atoms with E-state index >= 15 is 0 Å². The second-order valence-corrected chi connectivity index (χ2v) is 7.34. The summed E-state index contributed by atoms with van der Waals surface area (Å²) in [5.74, 6) is -1.06. The molecule has 5 heteroatoms. The van der Waals surface area contributed by atoms with Gasteiger partial charge in [0.05, 0.1) is 0 Å². The highest BCUT2D eigenvalue weighted by Crippen LogP contribution is 2.44. The van der Waals surface area contributed by atoms with Crippen molar-refractivity contribution < 1.29 is 19.4 Å². The van der Waals surface area contributed by atoms with E-state index in [2.05, 4.69) is 30.8 Å². The minimum atomic E-state index is -1.01. The molecular weight excluding hydrogens is 366 g/mol. The highest BCUT2D eigenvalue weighted by Gasteiger charge is 2.31. The second-order valence-electron chi connectivity index (χ2n) is 7.34. The molecule has 0 saturated heterocycles. The Morgan fingerprint density at radius 2 is 1.69 bits per heavy atom. The van der Waals surface area contributed by atoms with Crippen LogP contribution in [0.3, 0.4) is 0 Å². The Kier molecular flexibility index (Phi) is 6.70. The molecule has 5 nitrogen and oxygen atoms in total. The number of unbranched alkanes of at least 4 members (excludes halogenated alkanes) is 2. The zero-order valence-corrected chi connectivity index (χ0v) is 16.7. The van der Waals surface area contributed by atoms with E-state index in [1.165, 1.54) is 11.9 Å². The molecule has 2 aromatic carbocycles. The Labute approximate surface area is 171 Å². The fourth-order valence-corrected chi connectivity index (χ4v) is 3.93. The Hall–Kier alpha value is -3.08. The molecule has 29 heavy (non-hydrogen) atoms. The van der Waals surface area contributed by atoms with Gasteiger partial charge in [0, 0.05) is 13.0 Å². The van der Waals surface area contributed by atoms with Crippen molar-refractivity contribution in [2.75, 3.05) is 13.7 Å². The van der Waals surface area contributed by atoms with E-state index in [0.29, 0.717) is 12.8 Å². The summed E-state index contributed by atoms with van der Waals surface area (Å²) < 4.78 is 5.57. The predicted octanol–water partition coefficient (Wildman–Crippen LogP) is 5.07. The monoisotopic (exact) mass is 393 g/mol. The van der Waals surface area contributed by atoms with Crippen molar-refractivity contribution in [3.63, 3.8) is 0 Å². The van der Waals surface area contributed by atoms with E-state index in [4.69, 9.17) is 4.74 Å². The van der Waals surface area contributed by atoms with E-state index in [9.17, 15) is 14.7 Å². The molecule has 1 aliphatic carbocycles. The summed E-state index contributed by atoms with van der Waals surface area (Å²) in [6.07, 6.45) is 3.99. The van der Waals surface area contributed by atoms with Gasteiger partial charge in [0.2, 0.25) is 0 Å². The van der Waals surface area contributed by atoms with Crippen molar-refractivity contribution in [2.24, 2.45) is 0 Å². The number of carbonyl (C=O) groups excluding carboxylic acids is 1. The number of aliphatic carboxylic acids is 1. The summed E-state index contributed by atoms with van der Waals surface area (Å²) in [6, 6.07) is 15.3. The first kappa shape index (κ1) is 20.6. The first-order valence-electron chi connectivity index (χ1n) is 9.96. The molecule has 3 rings (SSSR count). The Bertz CT molecular complexity index is 846. The molecule has 1 amide bonds. The molecule has 0 aromatic heterocycles. The summed E-state index contributed by atoms with van der Waals surface area (Å²) in [5.41, 5.74) is 4.57. The van der Waals surface area contributed by atoms with Gasteiger partial charge in [-0.1, -0.05) is 61.0 Å². The molecule has 1 N–H and O–H groups in total. The van der Waals surface area contributed by atoms with E-state index in [0.717, 1.165) is 35.1 Å². The molecule has 0 saturated carbocycles. The third kappa shape index (κ3) is 4.50. The average Bonchev–Trinajstić information content (AvgIpc) is 3.05. The predicted molar refractivity (Wildman–Crippen MR) is 113 cm³/mol. The van der Waals surface area contributed by atoms with E-state index < -0.39 is 18.1 Å². The maximum Gasteiger partial charge on any atom is 0.410 e. The van der Waals surface area contributed by atoms with Gasteiger partial charge in [-0.15, -0.1) is 6.58 Å². The smallest absolute Gasteiger partial charge is 0.410 e. The molecule has 2 aromatic rings. The number of rotatable bonds is 9. The van der Waals surface area contributed by atoms with Gasteiger partial charge in [-0.25, -0.2) is 9.59 Å². The molecule has 0 unspecified atom stereocenters. The lowest BCUT2D eigenvalue weighted by molar-refractivity contribution is -0.142. The maximum absolute atomic E-state index is 12.6. The van der Waals surface area contributed by atoms with Crippen LogP contribution in [-0.4, -0.2) is 41.8 Å². The van der Waals surface area contributed by atoms with Crippen LogP contribution in [0.25, 0.3) is 11.1 Å². The number of carboxylic acid groups (broad SMARTS) is 1. The van der Waals surface area contributed by atoms with Gasteiger partial charge < -0.3 is 9.84 Å². The number of carbonyl (C=O) groups is 2. The van der Waals surface area contributed by atoms with E-state index in [1.54, 1.807) is 0 Å². The molecule has 1 atom stereocenters. The van der Waals surface area contributed by atoms with Gasteiger partial charge in [-0.05, 0) is 41.5 Å². The van der Waals surface area contributed by atoms with Crippen molar-refractivity contribution in [3.05, 3.63) is 72.3 Å². The van der Waals surface area contributed by atoms with Gasteiger partial charge >= 0.3 is 12.1 Å². The van der Waals surface area contributed by atoms with Gasteiger partial charge in [0.25, 0.3) is 0 Å². The van der Waals surface area contributed by atoms with Crippen molar-refractivity contribution >= 4 is 12.1 Å². The third-order valence-electron chi connectivity index (χ3n) is 5.51. The molecule has 0 bridgehead atoms. The third-order valence-corrected chi connectivity index (χ3v) is 5.51. The largest absolute Gasteiger partial charge is 0.480 e. The summed E-state index contributed by atoms with van der Waals surface area (Å²) in [4.78, 5) is 25.4. The van der Waals surface area contributed by atoms with Crippen LogP contribution in [0.2, 0.25) is 0 Å². The zero-order valence-electron chi connectivity index (χ0n) is 16.7. The van der Waals surface area contributed by atoms with Gasteiger partial charge in [0.15, 0.2) is 0 Å². The van der Waals surface area contributed by atoms with Crippen LogP contribution >= 0.6 is 0 Å². The van der Waals surface area contributed by atoms with E-state index in [-0.39, 0.29) is 12.5 Å². The number of likely N-dealkylation sites (N-methyl/N-ethyl adjacent to an activating group) is 1. The van der Waals surface area contributed by atoms with Gasteiger partial charge in [-0.2, -0.15) is 0 Å². The van der Waals surface area contributed by atoms with Crippen LogP contribution < -0.4 is 0 Å². The number of amides is 1. The number of carboxylic acids is 1. The Morgan fingerprint density at radius 3 is 2.24 bits per heavy atom. The SMILES string of the molecule is C=CCCCC[C@H](C(=O)O)N(C)C(=O)OCC1c2ccccc2-c2ccccc21. The molecule has 0 aliphatic heterocycles. The van der Waals surface area contributed by atoms with Crippen LogP contribution in [0.4, 0.5) is 4.79 Å². The average molecular weight is 393 g/mol. The minimum Gasteiger partial charge on any atom is -0.480 e. The van der Waals surface area contributed by atoms with Crippen molar-refractivity contribution in [1.82, 2.24) is 4.90 Å². The topological polar surface area (TPSA) is 66.8 Å². The summed E-state index contributed by atoms with van der Waals surface area (Å²) in [5, 5.41) is 9.52. The van der Waals surface area contributed by atoms with Crippen LogP contribution in [0.15, 0.2) is 61.2 Å². The molecule has 0 fully saturated rings.